The van der Waals surface area contributed by atoms with E-state index in [2.05, 4.69) is 15.3 Å². The smallest absolute Gasteiger partial charge is 0.284 e. The monoisotopic (exact) mass is 637 g/mol. The number of anilines is 1. The molecule has 11 nitrogen and oxygen atoms in total. The third-order valence-corrected chi connectivity index (χ3v) is 8.37. The number of allylic oxidation sites excluding steroid dienone is 1. The molecule has 4 heterocycles. The van der Waals surface area contributed by atoms with Gasteiger partial charge >= 0.3 is 0 Å². The summed E-state index contributed by atoms with van der Waals surface area (Å²) in [4.78, 5) is 35.1. The Balaban J connectivity index is 1.10. The molecule has 2 atom stereocenters. The number of amides is 1. The Labute approximate surface area is 273 Å². The molecule has 6 rings (SSSR count). The largest absolute Gasteiger partial charge is 0.493 e. The summed E-state index contributed by atoms with van der Waals surface area (Å²) in [5, 5.41) is 2.74. The van der Waals surface area contributed by atoms with Crippen LogP contribution in [0.4, 0.5) is 5.82 Å². The predicted molar refractivity (Wildman–Crippen MR) is 179 cm³/mol. The summed E-state index contributed by atoms with van der Waals surface area (Å²) in [7, 11) is 1.74. The van der Waals surface area contributed by atoms with Gasteiger partial charge in [0.1, 0.15) is 28.6 Å². The number of nitrogens with one attached hydrogen (secondary N) is 1. The molecule has 2 aliphatic heterocycles. The van der Waals surface area contributed by atoms with Crippen molar-refractivity contribution in [2.75, 3.05) is 31.7 Å². The van der Waals surface area contributed by atoms with Crippen molar-refractivity contribution >= 4 is 23.7 Å². The molecule has 0 saturated carbocycles. The van der Waals surface area contributed by atoms with Gasteiger partial charge in [0.15, 0.2) is 5.79 Å². The second-order valence-corrected chi connectivity index (χ2v) is 11.6. The number of nitrogens with zero attached hydrogens (tertiary/aromatic N) is 4. The summed E-state index contributed by atoms with van der Waals surface area (Å²) in [5.74, 6) is 1.43. The van der Waals surface area contributed by atoms with Crippen LogP contribution in [0.1, 0.15) is 47.8 Å². The molecule has 2 aliphatic rings. The molecule has 2 fully saturated rings. The first kappa shape index (κ1) is 32.0. The van der Waals surface area contributed by atoms with Crippen LogP contribution in [-0.2, 0) is 16.5 Å². The van der Waals surface area contributed by atoms with E-state index in [4.69, 9.17) is 18.9 Å². The molecular formula is C36H39N5O6. The Morgan fingerprint density at radius 1 is 1.11 bits per heavy atom. The number of carbonyl (C=O) groups is 1. The molecule has 2 aromatic carbocycles. The lowest BCUT2D eigenvalue weighted by molar-refractivity contribution is -0.178. The van der Waals surface area contributed by atoms with Crippen LogP contribution in [0.5, 0.6) is 11.5 Å². The highest BCUT2D eigenvalue weighted by atomic mass is 16.7. The summed E-state index contributed by atoms with van der Waals surface area (Å²) in [5.41, 5.74) is 1.68. The summed E-state index contributed by atoms with van der Waals surface area (Å²) < 4.78 is 27.2. The maximum Gasteiger partial charge on any atom is 0.284 e. The minimum atomic E-state index is -0.538. The van der Waals surface area contributed by atoms with Crippen molar-refractivity contribution in [1.82, 2.24) is 14.3 Å². The molecule has 1 N–H and O–H groups in total. The van der Waals surface area contributed by atoms with Crippen LogP contribution in [0.15, 0.2) is 88.8 Å². The quantitative estimate of drug-likeness (QED) is 0.169. The molecule has 2 unspecified atom stereocenters. The van der Waals surface area contributed by atoms with Gasteiger partial charge in [-0.25, -0.2) is 9.67 Å². The van der Waals surface area contributed by atoms with E-state index in [0.29, 0.717) is 48.6 Å². The van der Waals surface area contributed by atoms with E-state index < -0.39 is 17.3 Å². The van der Waals surface area contributed by atoms with Gasteiger partial charge in [-0.1, -0.05) is 18.2 Å². The van der Waals surface area contributed by atoms with Gasteiger partial charge in [-0.3, -0.25) is 19.3 Å². The van der Waals surface area contributed by atoms with E-state index in [9.17, 15) is 9.59 Å². The van der Waals surface area contributed by atoms with Crippen LogP contribution in [0.2, 0.25) is 0 Å². The van der Waals surface area contributed by atoms with Crippen LogP contribution in [0.25, 0.3) is 11.4 Å². The Morgan fingerprint density at radius 3 is 2.60 bits per heavy atom. The minimum absolute atomic E-state index is 0.0506. The van der Waals surface area contributed by atoms with Crippen molar-refractivity contribution < 1.29 is 23.7 Å². The van der Waals surface area contributed by atoms with E-state index in [1.54, 1.807) is 43.1 Å². The average molecular weight is 638 g/mol. The number of rotatable bonds is 11. The zero-order valence-corrected chi connectivity index (χ0v) is 26.8. The molecule has 0 radical (unpaired) electrons. The number of hydrogen-bond acceptors (Lipinski definition) is 8. The number of carbonyl (C=O) groups excluding carboxylic acids is 1. The van der Waals surface area contributed by atoms with Crippen molar-refractivity contribution in [3.05, 3.63) is 106 Å². The predicted octanol–water partition coefficient (Wildman–Crippen LogP) is 5.56. The van der Waals surface area contributed by atoms with Gasteiger partial charge in [-0.2, -0.15) is 0 Å². The highest BCUT2D eigenvalue weighted by molar-refractivity contribution is 6.04. The molecule has 2 saturated heterocycles. The van der Waals surface area contributed by atoms with E-state index in [0.717, 1.165) is 37.2 Å². The van der Waals surface area contributed by atoms with Gasteiger partial charge < -0.3 is 24.3 Å². The second kappa shape index (κ2) is 14.2. The molecule has 244 valence electrons. The van der Waals surface area contributed by atoms with Crippen LogP contribution in [0.3, 0.4) is 0 Å². The Kier molecular flexibility index (Phi) is 9.65. The average Bonchev–Trinajstić information content (AvgIpc) is 3.78. The second-order valence-electron chi connectivity index (χ2n) is 11.6. The van der Waals surface area contributed by atoms with Crippen LogP contribution in [-0.4, -0.2) is 58.6 Å². The normalized spacial score (nSPS) is 19.5. The van der Waals surface area contributed by atoms with Gasteiger partial charge in [0.25, 0.3) is 11.5 Å². The number of para-hydroxylation sites is 1. The maximum atomic E-state index is 13.2. The lowest BCUT2D eigenvalue weighted by atomic mass is 10.0. The molecular weight excluding hydrogens is 598 g/mol. The first-order valence-corrected chi connectivity index (χ1v) is 15.9. The van der Waals surface area contributed by atoms with E-state index in [-0.39, 0.29) is 11.4 Å². The van der Waals surface area contributed by atoms with Crippen molar-refractivity contribution in [2.45, 2.75) is 38.9 Å². The van der Waals surface area contributed by atoms with E-state index in [1.165, 1.54) is 10.9 Å². The summed E-state index contributed by atoms with van der Waals surface area (Å²) in [6.07, 6.45) is 7.86. The van der Waals surface area contributed by atoms with Gasteiger partial charge in [-0.05, 0) is 74.9 Å². The minimum Gasteiger partial charge on any atom is -0.493 e. The van der Waals surface area contributed by atoms with E-state index in [1.807, 2.05) is 61.5 Å². The Morgan fingerprint density at radius 2 is 1.89 bits per heavy atom. The van der Waals surface area contributed by atoms with Crippen molar-refractivity contribution in [2.24, 2.45) is 18.0 Å². The third kappa shape index (κ3) is 7.21. The summed E-state index contributed by atoms with van der Waals surface area (Å²) in [6, 6.07) is 20.2. The van der Waals surface area contributed by atoms with E-state index >= 15 is 0 Å². The molecule has 11 heteroatoms. The van der Waals surface area contributed by atoms with Gasteiger partial charge in [0.2, 0.25) is 0 Å². The van der Waals surface area contributed by atoms with Crippen LogP contribution in [0, 0.1) is 12.8 Å². The molecule has 0 aliphatic carbocycles. The first-order valence-electron chi connectivity index (χ1n) is 15.9. The topological polar surface area (TPSA) is 118 Å². The molecule has 1 spiro atoms. The molecule has 2 aromatic heterocycles. The fourth-order valence-corrected chi connectivity index (χ4v) is 5.88. The standard InChI is InChI=1S/C36H39N5O6/c1-4-37-19-17-31(27-11-13-29(14-12-27)44-23-26-21-36(46-24-26)18-8-20-45-36)47-30-15-16-32(38-22-30)39-34(42)33-25(2)40(3)41(35(33)43)28-9-6-5-7-10-28/h5-7,9-17,19,22,26H,4,8,18,20-21,23-24H2,1-3H3,(H,38,39,42)/b31-17+,37-19-. The molecule has 47 heavy (non-hydrogen) atoms. The number of aromatic nitrogens is 3. The SMILES string of the molecule is CC/N=C\C=C(\Oc1ccc(NC(=O)c2c(C)n(C)n(-c3ccccc3)c2=O)nc1)c1ccc(OCC2COC3(CCCO3)C2)cc1. The maximum absolute atomic E-state index is 13.2. The van der Waals surface area contributed by atoms with Crippen LogP contribution < -0.4 is 20.3 Å². The Bertz CT molecular complexity index is 1800. The van der Waals surface area contributed by atoms with Gasteiger partial charge in [0, 0.05) is 44.1 Å². The van der Waals surface area contributed by atoms with Crippen LogP contribution >= 0.6 is 0 Å². The molecule has 1 amide bonds. The zero-order valence-electron chi connectivity index (χ0n) is 26.8. The number of benzene rings is 2. The highest BCUT2D eigenvalue weighted by Gasteiger charge is 2.44. The molecule has 0 bridgehead atoms. The fourth-order valence-electron chi connectivity index (χ4n) is 5.88. The Hall–Kier alpha value is -5.00. The highest BCUT2D eigenvalue weighted by Crippen LogP contribution is 2.39. The molecule has 4 aromatic rings. The third-order valence-electron chi connectivity index (χ3n) is 8.37. The summed E-state index contributed by atoms with van der Waals surface area (Å²) >= 11 is 0. The van der Waals surface area contributed by atoms with Gasteiger partial charge in [-0.15, -0.1) is 0 Å². The number of pyridine rings is 1. The summed E-state index contributed by atoms with van der Waals surface area (Å²) in [6.45, 7) is 6.30. The lowest BCUT2D eigenvalue weighted by Gasteiger charge is -2.21. The number of hydrogen-bond donors (Lipinski definition) is 1. The van der Waals surface area contributed by atoms with Crippen molar-refractivity contribution in [1.29, 1.82) is 0 Å². The van der Waals surface area contributed by atoms with Crippen molar-refractivity contribution in [3.63, 3.8) is 0 Å². The first-order chi connectivity index (χ1) is 22.9. The number of ether oxygens (including phenoxy) is 4. The zero-order chi connectivity index (χ0) is 32.8. The lowest BCUT2D eigenvalue weighted by Crippen LogP contribution is -2.26. The fraction of sp³-hybridized carbons (Fsp3) is 0.333. The number of aliphatic imine (C=N–C) groups is 1. The van der Waals surface area contributed by atoms with Crippen molar-refractivity contribution in [3.8, 4) is 17.2 Å². The van der Waals surface area contributed by atoms with Gasteiger partial charge in [0.05, 0.1) is 37.4 Å².